The average Bonchev–Trinajstić information content (AvgIpc) is 2.46. The molecule has 3 heteroatoms. The quantitative estimate of drug-likeness (QED) is 0.794. The van der Waals surface area contributed by atoms with E-state index in [1.807, 2.05) is 37.3 Å². The van der Waals surface area contributed by atoms with Crippen LogP contribution in [0, 0.1) is 25.2 Å². The molecule has 0 saturated heterocycles. The van der Waals surface area contributed by atoms with Crippen molar-refractivity contribution in [3.8, 4) is 11.8 Å². The predicted octanol–water partition coefficient (Wildman–Crippen LogP) is 3.57. The molecule has 2 rings (SSSR count). The van der Waals surface area contributed by atoms with E-state index in [-0.39, 0.29) is 0 Å². The van der Waals surface area contributed by atoms with E-state index in [2.05, 4.69) is 6.07 Å². The molecule has 0 aromatic heterocycles. The summed E-state index contributed by atoms with van der Waals surface area (Å²) < 4.78 is 5.73. The summed E-state index contributed by atoms with van der Waals surface area (Å²) in [6.07, 6.45) is 0.746. The molecule has 0 spiro atoms. The fraction of sp³-hybridized carbons (Fsp3) is 0.176. The number of hydrogen-bond acceptors (Lipinski definition) is 3. The van der Waals surface area contributed by atoms with Gasteiger partial charge in [-0.1, -0.05) is 30.3 Å². The summed E-state index contributed by atoms with van der Waals surface area (Å²) in [6.45, 7) is 4.01. The minimum atomic E-state index is 0.395. The first kappa shape index (κ1) is 13.8. The monoisotopic (exact) mass is 265 g/mol. The zero-order valence-corrected chi connectivity index (χ0v) is 11.5. The largest absolute Gasteiger partial charge is 0.488 e. The molecule has 0 saturated carbocycles. The summed E-state index contributed by atoms with van der Waals surface area (Å²) in [5, 5.41) is 9.11. The van der Waals surface area contributed by atoms with Gasteiger partial charge in [-0.15, -0.1) is 0 Å². The number of nitrogens with zero attached hydrogens (tertiary/aromatic N) is 1. The first-order valence-electron chi connectivity index (χ1n) is 6.33. The van der Waals surface area contributed by atoms with Crippen LogP contribution >= 0.6 is 0 Å². The fourth-order valence-electron chi connectivity index (χ4n) is 2.14. The Kier molecular flexibility index (Phi) is 4.17. The van der Waals surface area contributed by atoms with Gasteiger partial charge in [0.05, 0.1) is 17.2 Å². The van der Waals surface area contributed by atoms with Crippen LogP contribution in [0.2, 0.25) is 0 Å². The van der Waals surface area contributed by atoms with Gasteiger partial charge in [0, 0.05) is 0 Å². The van der Waals surface area contributed by atoms with Crippen molar-refractivity contribution >= 4 is 6.29 Å². The van der Waals surface area contributed by atoms with E-state index in [4.69, 9.17) is 10.00 Å². The molecular formula is C17H15NO2. The first-order chi connectivity index (χ1) is 9.67. The molecule has 0 bridgehead atoms. The van der Waals surface area contributed by atoms with Gasteiger partial charge in [-0.05, 0) is 36.6 Å². The van der Waals surface area contributed by atoms with E-state index in [0.29, 0.717) is 29.0 Å². The summed E-state index contributed by atoms with van der Waals surface area (Å²) in [6, 6.07) is 13.6. The van der Waals surface area contributed by atoms with E-state index < -0.39 is 0 Å². The van der Waals surface area contributed by atoms with E-state index in [1.165, 1.54) is 0 Å². The molecule has 0 unspecified atom stereocenters. The zero-order valence-electron chi connectivity index (χ0n) is 11.5. The Hall–Kier alpha value is -2.60. The second kappa shape index (κ2) is 6.03. The van der Waals surface area contributed by atoms with Crippen molar-refractivity contribution in [3.63, 3.8) is 0 Å². The van der Waals surface area contributed by atoms with Crippen LogP contribution in [0.3, 0.4) is 0 Å². The van der Waals surface area contributed by atoms with E-state index >= 15 is 0 Å². The number of aldehydes is 1. The van der Waals surface area contributed by atoms with Crippen LogP contribution in [0.5, 0.6) is 5.75 Å². The Bertz CT molecular complexity index is 670. The minimum Gasteiger partial charge on any atom is -0.488 e. The number of carbonyl (C=O) groups excluding carboxylic acids is 1. The second-order valence-corrected chi connectivity index (χ2v) is 4.61. The van der Waals surface area contributed by atoms with Gasteiger partial charge in [0.2, 0.25) is 0 Å². The van der Waals surface area contributed by atoms with Crippen LogP contribution < -0.4 is 4.74 Å². The van der Waals surface area contributed by atoms with Gasteiger partial charge in [-0.3, -0.25) is 4.79 Å². The van der Waals surface area contributed by atoms with Crippen LogP contribution in [0.1, 0.15) is 32.6 Å². The van der Waals surface area contributed by atoms with Gasteiger partial charge in [0.15, 0.2) is 6.29 Å². The van der Waals surface area contributed by atoms with Gasteiger partial charge in [0.25, 0.3) is 0 Å². The molecule has 0 aliphatic carbocycles. The topological polar surface area (TPSA) is 50.1 Å². The molecule has 2 aromatic rings. The van der Waals surface area contributed by atoms with Crippen LogP contribution in [0.25, 0.3) is 0 Å². The Balaban J connectivity index is 2.33. The molecule has 0 N–H and O–H groups in total. The number of nitriles is 1. The lowest BCUT2D eigenvalue weighted by Crippen LogP contribution is -2.02. The highest BCUT2D eigenvalue weighted by atomic mass is 16.5. The van der Waals surface area contributed by atoms with Crippen LogP contribution in [-0.4, -0.2) is 6.29 Å². The number of ether oxygens (including phenoxy) is 1. The van der Waals surface area contributed by atoms with Crippen molar-refractivity contribution in [1.82, 2.24) is 0 Å². The highest BCUT2D eigenvalue weighted by Crippen LogP contribution is 2.27. The number of aryl methyl sites for hydroxylation is 1. The highest BCUT2D eigenvalue weighted by molar-refractivity contribution is 5.83. The van der Waals surface area contributed by atoms with Gasteiger partial charge >= 0.3 is 0 Å². The van der Waals surface area contributed by atoms with Gasteiger partial charge in [-0.25, -0.2) is 0 Å². The smallest absolute Gasteiger partial charge is 0.154 e. The Labute approximate surface area is 118 Å². The average molecular weight is 265 g/mol. The highest BCUT2D eigenvalue weighted by Gasteiger charge is 2.13. The SMILES string of the molecule is Cc1cc(OCc2ccccc2)c(C=O)c(C)c1C#N. The van der Waals surface area contributed by atoms with Gasteiger partial charge in [-0.2, -0.15) is 5.26 Å². The van der Waals surface area contributed by atoms with Gasteiger partial charge in [0.1, 0.15) is 12.4 Å². The number of hydrogen-bond donors (Lipinski definition) is 0. The standard InChI is InChI=1S/C17H15NO2/c1-12-8-17(16(10-19)13(2)15(12)9-18)20-11-14-6-4-3-5-7-14/h3-8,10H,11H2,1-2H3. The lowest BCUT2D eigenvalue weighted by Gasteiger charge is -2.13. The summed E-state index contributed by atoms with van der Waals surface area (Å²) in [7, 11) is 0. The maximum Gasteiger partial charge on any atom is 0.154 e. The van der Waals surface area contributed by atoms with Crippen molar-refractivity contribution < 1.29 is 9.53 Å². The number of rotatable bonds is 4. The molecule has 2 aromatic carbocycles. The maximum absolute atomic E-state index is 11.2. The molecule has 0 fully saturated rings. The van der Waals surface area contributed by atoms with Gasteiger partial charge < -0.3 is 4.74 Å². The third-order valence-corrected chi connectivity index (χ3v) is 3.25. The Morgan fingerprint density at radius 2 is 1.95 bits per heavy atom. The molecule has 0 amide bonds. The lowest BCUT2D eigenvalue weighted by molar-refractivity contribution is 0.111. The molecule has 0 radical (unpaired) electrons. The minimum absolute atomic E-state index is 0.395. The van der Waals surface area contributed by atoms with Crippen molar-refractivity contribution in [2.75, 3.05) is 0 Å². The molecule has 0 aliphatic heterocycles. The summed E-state index contributed by atoms with van der Waals surface area (Å²) in [5.41, 5.74) is 3.51. The van der Waals surface area contributed by atoms with Crippen molar-refractivity contribution in [2.24, 2.45) is 0 Å². The molecule has 0 atom stereocenters. The van der Waals surface area contributed by atoms with Crippen molar-refractivity contribution in [3.05, 3.63) is 64.2 Å². The molecule has 20 heavy (non-hydrogen) atoms. The fourth-order valence-corrected chi connectivity index (χ4v) is 2.14. The normalized spacial score (nSPS) is 9.85. The zero-order chi connectivity index (χ0) is 14.5. The van der Waals surface area contributed by atoms with Crippen LogP contribution in [0.15, 0.2) is 36.4 Å². The molecular weight excluding hydrogens is 250 g/mol. The van der Waals surface area contributed by atoms with Crippen molar-refractivity contribution in [2.45, 2.75) is 20.5 Å². The maximum atomic E-state index is 11.2. The van der Waals surface area contributed by atoms with Crippen LogP contribution in [0.4, 0.5) is 0 Å². The third-order valence-electron chi connectivity index (χ3n) is 3.25. The number of benzene rings is 2. The Morgan fingerprint density at radius 3 is 2.55 bits per heavy atom. The molecule has 0 aliphatic rings. The van der Waals surface area contributed by atoms with E-state index in [1.54, 1.807) is 13.0 Å². The third kappa shape index (κ3) is 2.70. The van der Waals surface area contributed by atoms with E-state index in [9.17, 15) is 4.79 Å². The second-order valence-electron chi connectivity index (χ2n) is 4.61. The summed E-state index contributed by atoms with van der Waals surface area (Å²) >= 11 is 0. The Morgan fingerprint density at radius 1 is 1.25 bits per heavy atom. The first-order valence-corrected chi connectivity index (χ1v) is 6.33. The van der Waals surface area contributed by atoms with Crippen LogP contribution in [-0.2, 0) is 6.61 Å². The van der Waals surface area contributed by atoms with E-state index in [0.717, 1.165) is 17.4 Å². The van der Waals surface area contributed by atoms with Crippen molar-refractivity contribution in [1.29, 1.82) is 5.26 Å². The molecule has 100 valence electrons. The molecule has 3 nitrogen and oxygen atoms in total. The predicted molar refractivity (Wildman–Crippen MR) is 76.8 cm³/mol. The molecule has 0 heterocycles. The summed E-state index contributed by atoms with van der Waals surface area (Å²) in [5.74, 6) is 0.526. The summed E-state index contributed by atoms with van der Waals surface area (Å²) in [4.78, 5) is 11.2. The lowest BCUT2D eigenvalue weighted by atomic mass is 9.98. The number of carbonyl (C=O) groups is 1.